The van der Waals surface area contributed by atoms with E-state index >= 15 is 0 Å². The Morgan fingerprint density at radius 1 is 1.71 bits per heavy atom. The molecule has 0 aliphatic carbocycles. The van der Waals surface area contributed by atoms with E-state index in [2.05, 4.69) is 15.2 Å². The molecule has 0 aromatic carbocycles. The molecule has 92 valence electrons. The maximum Gasteiger partial charge on any atom is 0.244 e. The maximum atomic E-state index is 11.3. The molecule has 17 heavy (non-hydrogen) atoms. The molecule has 0 saturated carbocycles. The number of likely N-dealkylation sites (tertiary alicyclic amines) is 1. The van der Waals surface area contributed by atoms with Crippen LogP contribution in [0.15, 0.2) is 16.9 Å². The standard InChI is InChI=1S/C11H15ClN4O/c12-11(10(13)17)2-9(3-14-6-11)16-5-7-1-8(16)4-15-7/h3,6-8,15H,1-2,4-5H2,(H2,13,17)/t7-,8-,11?/m1/s1. The van der Waals surface area contributed by atoms with Gasteiger partial charge in [-0.15, -0.1) is 11.6 Å². The lowest BCUT2D eigenvalue weighted by atomic mass is 10.00. The van der Waals surface area contributed by atoms with Crippen LogP contribution in [0.5, 0.6) is 0 Å². The van der Waals surface area contributed by atoms with Gasteiger partial charge in [0.2, 0.25) is 5.91 Å². The second-order valence-corrected chi connectivity index (χ2v) is 5.62. The molecule has 3 aliphatic heterocycles. The number of hydrogen-bond acceptors (Lipinski definition) is 4. The van der Waals surface area contributed by atoms with Crippen LogP contribution in [0, 0.1) is 0 Å². The van der Waals surface area contributed by atoms with Crippen LogP contribution in [0.2, 0.25) is 0 Å². The van der Waals surface area contributed by atoms with E-state index in [1.165, 1.54) is 6.21 Å². The minimum atomic E-state index is -1.15. The van der Waals surface area contributed by atoms with E-state index in [1.807, 2.05) is 0 Å². The van der Waals surface area contributed by atoms with Crippen LogP contribution in [0.3, 0.4) is 0 Å². The third-order valence-electron chi connectivity index (χ3n) is 3.78. The number of rotatable bonds is 2. The molecule has 0 aromatic rings. The Kier molecular flexibility index (Phi) is 2.41. The van der Waals surface area contributed by atoms with Crippen molar-refractivity contribution >= 4 is 23.7 Å². The molecule has 1 amide bonds. The molecular formula is C11H15ClN4O. The molecule has 0 aromatic heterocycles. The third-order valence-corrected chi connectivity index (χ3v) is 4.19. The summed E-state index contributed by atoms with van der Waals surface area (Å²) in [4.78, 5) is 16.6. The van der Waals surface area contributed by atoms with E-state index in [1.54, 1.807) is 6.20 Å². The number of primary amides is 1. The van der Waals surface area contributed by atoms with Gasteiger partial charge in [-0.05, 0) is 6.42 Å². The minimum absolute atomic E-state index is 0.441. The van der Waals surface area contributed by atoms with Crippen molar-refractivity contribution in [2.75, 3.05) is 13.1 Å². The molecule has 6 heteroatoms. The lowest BCUT2D eigenvalue weighted by Crippen LogP contribution is -2.47. The molecule has 2 saturated heterocycles. The van der Waals surface area contributed by atoms with Crippen molar-refractivity contribution in [3.63, 3.8) is 0 Å². The average molecular weight is 255 g/mol. The van der Waals surface area contributed by atoms with Gasteiger partial charge < -0.3 is 16.0 Å². The van der Waals surface area contributed by atoms with E-state index in [9.17, 15) is 4.79 Å². The average Bonchev–Trinajstić information content (AvgIpc) is 2.90. The zero-order chi connectivity index (χ0) is 12.0. The van der Waals surface area contributed by atoms with Gasteiger partial charge in [-0.1, -0.05) is 0 Å². The number of halogens is 1. The molecule has 0 radical (unpaired) electrons. The summed E-state index contributed by atoms with van der Waals surface area (Å²) < 4.78 is 0. The van der Waals surface area contributed by atoms with Crippen molar-refractivity contribution in [2.45, 2.75) is 29.8 Å². The number of hydrogen-bond donors (Lipinski definition) is 2. The van der Waals surface area contributed by atoms with Gasteiger partial charge >= 0.3 is 0 Å². The highest BCUT2D eigenvalue weighted by atomic mass is 35.5. The van der Waals surface area contributed by atoms with Crippen molar-refractivity contribution in [3.8, 4) is 0 Å². The molecule has 3 heterocycles. The summed E-state index contributed by atoms with van der Waals surface area (Å²) in [6, 6.07) is 1.07. The monoisotopic (exact) mass is 254 g/mol. The summed E-state index contributed by atoms with van der Waals surface area (Å²) >= 11 is 6.18. The van der Waals surface area contributed by atoms with Crippen LogP contribution in [-0.2, 0) is 4.79 Å². The van der Waals surface area contributed by atoms with E-state index < -0.39 is 10.8 Å². The van der Waals surface area contributed by atoms with Crippen LogP contribution >= 0.6 is 11.6 Å². The predicted octanol–water partition coefficient (Wildman–Crippen LogP) is -0.189. The molecule has 3 aliphatic rings. The van der Waals surface area contributed by atoms with Gasteiger partial charge in [0.15, 0.2) is 4.87 Å². The second kappa shape index (κ2) is 3.71. The van der Waals surface area contributed by atoms with E-state index in [0.717, 1.165) is 25.2 Å². The van der Waals surface area contributed by atoms with E-state index in [0.29, 0.717) is 18.5 Å². The largest absolute Gasteiger partial charge is 0.368 e. The number of piperazine rings is 1. The maximum absolute atomic E-state index is 11.3. The van der Waals surface area contributed by atoms with E-state index in [-0.39, 0.29) is 0 Å². The SMILES string of the molecule is NC(=O)C1(Cl)C=NC=C(N2C[C@H]3C[C@@H]2CN3)C1. The number of carbonyl (C=O) groups is 1. The topological polar surface area (TPSA) is 70.7 Å². The van der Waals surface area contributed by atoms with Gasteiger partial charge in [0, 0.05) is 49.7 Å². The lowest BCUT2D eigenvalue weighted by Gasteiger charge is -2.35. The molecule has 2 bridgehead atoms. The fraction of sp³-hybridized carbons (Fsp3) is 0.636. The lowest BCUT2D eigenvalue weighted by molar-refractivity contribution is -0.119. The van der Waals surface area contributed by atoms with Crippen molar-refractivity contribution in [3.05, 3.63) is 11.9 Å². The highest BCUT2D eigenvalue weighted by Crippen LogP contribution is 2.34. The van der Waals surface area contributed by atoms with Crippen LogP contribution in [0.25, 0.3) is 0 Å². The smallest absolute Gasteiger partial charge is 0.244 e. The molecular weight excluding hydrogens is 240 g/mol. The second-order valence-electron chi connectivity index (χ2n) is 4.95. The summed E-state index contributed by atoms with van der Waals surface area (Å²) in [6.07, 6.45) is 4.83. The van der Waals surface area contributed by atoms with Crippen LogP contribution < -0.4 is 11.1 Å². The summed E-state index contributed by atoms with van der Waals surface area (Å²) in [5, 5.41) is 3.44. The van der Waals surface area contributed by atoms with Crippen LogP contribution in [0.4, 0.5) is 0 Å². The van der Waals surface area contributed by atoms with Gasteiger partial charge in [-0.3, -0.25) is 9.79 Å². The number of alkyl halides is 1. The number of fused-ring (bicyclic) bond motifs is 2. The van der Waals surface area contributed by atoms with Crippen molar-refractivity contribution in [1.29, 1.82) is 0 Å². The summed E-state index contributed by atoms with van der Waals surface area (Å²) in [7, 11) is 0. The van der Waals surface area contributed by atoms with Crippen molar-refractivity contribution < 1.29 is 4.79 Å². The van der Waals surface area contributed by atoms with Crippen LogP contribution in [0.1, 0.15) is 12.8 Å². The zero-order valence-electron chi connectivity index (χ0n) is 9.40. The van der Waals surface area contributed by atoms with Gasteiger partial charge in [0.1, 0.15) is 0 Å². The highest BCUT2D eigenvalue weighted by molar-refractivity contribution is 6.43. The Morgan fingerprint density at radius 2 is 2.53 bits per heavy atom. The molecule has 3 atom stereocenters. The summed E-state index contributed by atoms with van der Waals surface area (Å²) in [5.41, 5.74) is 6.34. The fourth-order valence-corrected chi connectivity index (χ4v) is 3.03. The Hall–Kier alpha value is -1.07. The van der Waals surface area contributed by atoms with Gasteiger partial charge in [0.05, 0.1) is 0 Å². The number of allylic oxidation sites excluding steroid dienone is 1. The zero-order valence-corrected chi connectivity index (χ0v) is 10.2. The van der Waals surface area contributed by atoms with Gasteiger partial charge in [0.25, 0.3) is 0 Å². The molecule has 0 spiro atoms. The number of amides is 1. The number of nitrogens with two attached hydrogens (primary N) is 1. The Labute approximate surface area is 105 Å². The summed E-state index contributed by atoms with van der Waals surface area (Å²) in [6.45, 7) is 1.97. The molecule has 3 rings (SSSR count). The number of nitrogens with one attached hydrogen (secondary N) is 1. The first-order chi connectivity index (χ1) is 8.08. The van der Waals surface area contributed by atoms with E-state index in [4.69, 9.17) is 17.3 Å². The first-order valence-electron chi connectivity index (χ1n) is 5.81. The molecule has 2 fully saturated rings. The quantitative estimate of drug-likeness (QED) is 0.671. The van der Waals surface area contributed by atoms with Crippen molar-refractivity contribution in [2.24, 2.45) is 10.7 Å². The predicted molar refractivity (Wildman–Crippen MR) is 65.9 cm³/mol. The fourth-order valence-electron chi connectivity index (χ4n) is 2.84. The van der Waals surface area contributed by atoms with Gasteiger partial charge in [-0.2, -0.15) is 0 Å². The minimum Gasteiger partial charge on any atom is -0.368 e. The Morgan fingerprint density at radius 3 is 3.12 bits per heavy atom. The molecule has 5 nitrogen and oxygen atoms in total. The Bertz CT molecular complexity index is 422. The number of aliphatic imine (C=N–C) groups is 1. The normalized spacial score (nSPS) is 39.6. The first-order valence-corrected chi connectivity index (χ1v) is 6.18. The first kappa shape index (κ1) is 11.0. The third kappa shape index (κ3) is 1.73. The van der Waals surface area contributed by atoms with Crippen LogP contribution in [-0.4, -0.2) is 47.1 Å². The van der Waals surface area contributed by atoms with Gasteiger partial charge in [-0.25, -0.2) is 0 Å². The Balaban J connectivity index is 1.79. The number of carbonyl (C=O) groups excluding carboxylic acids is 1. The molecule has 3 N–H and O–H groups in total. The summed E-state index contributed by atoms with van der Waals surface area (Å²) in [5.74, 6) is -0.531. The molecule has 1 unspecified atom stereocenters. The van der Waals surface area contributed by atoms with Crippen molar-refractivity contribution in [1.82, 2.24) is 10.2 Å². The number of nitrogens with zero attached hydrogens (tertiary/aromatic N) is 2. The highest BCUT2D eigenvalue weighted by Gasteiger charge is 2.42.